The van der Waals surface area contributed by atoms with Gasteiger partial charge in [-0.05, 0) is 24.5 Å². The van der Waals surface area contributed by atoms with Crippen LogP contribution in [0.15, 0.2) is 54.6 Å². The number of amides is 1. The van der Waals surface area contributed by atoms with Crippen LogP contribution >= 0.6 is 0 Å². The Morgan fingerprint density at radius 2 is 1.76 bits per heavy atom. The third-order valence-electron chi connectivity index (χ3n) is 5.28. The van der Waals surface area contributed by atoms with E-state index in [1.807, 2.05) is 48.5 Å². The highest BCUT2D eigenvalue weighted by Crippen LogP contribution is 2.44. The summed E-state index contributed by atoms with van der Waals surface area (Å²) in [5.41, 5.74) is 8.07. The van der Waals surface area contributed by atoms with Gasteiger partial charge in [-0.1, -0.05) is 61.4 Å². The maximum absolute atomic E-state index is 12.6. The van der Waals surface area contributed by atoms with Gasteiger partial charge in [0.15, 0.2) is 0 Å². The van der Waals surface area contributed by atoms with Crippen molar-refractivity contribution in [2.24, 2.45) is 5.73 Å². The topological polar surface area (TPSA) is 64.3 Å². The van der Waals surface area contributed by atoms with Crippen molar-refractivity contribution < 1.29 is 9.53 Å². The van der Waals surface area contributed by atoms with Gasteiger partial charge in [-0.15, -0.1) is 0 Å². The molecule has 4 nitrogen and oxygen atoms in total. The van der Waals surface area contributed by atoms with Crippen LogP contribution < -0.4 is 15.8 Å². The monoisotopic (exact) mass is 338 g/mol. The Kier molecular flexibility index (Phi) is 5.39. The number of methoxy groups -OCH3 is 1. The maximum Gasteiger partial charge on any atom is 0.241 e. The van der Waals surface area contributed by atoms with E-state index in [0.29, 0.717) is 6.54 Å². The number of ether oxygens (including phenoxy) is 1. The molecule has 1 unspecified atom stereocenters. The van der Waals surface area contributed by atoms with Crippen molar-refractivity contribution in [3.63, 3.8) is 0 Å². The third kappa shape index (κ3) is 3.69. The van der Waals surface area contributed by atoms with Crippen molar-refractivity contribution in [3.8, 4) is 5.75 Å². The molecule has 0 bridgehead atoms. The summed E-state index contributed by atoms with van der Waals surface area (Å²) in [6.07, 6.45) is 4.43. The molecule has 3 N–H and O–H groups in total. The predicted octanol–water partition coefficient (Wildman–Crippen LogP) is 3.32. The molecule has 132 valence electrons. The number of para-hydroxylation sites is 1. The normalized spacial score (nSPS) is 17.0. The summed E-state index contributed by atoms with van der Waals surface area (Å²) in [5, 5.41) is 3.09. The van der Waals surface area contributed by atoms with Gasteiger partial charge in [-0.2, -0.15) is 0 Å². The molecule has 0 aliphatic heterocycles. The average molecular weight is 338 g/mol. The van der Waals surface area contributed by atoms with Crippen molar-refractivity contribution in [2.45, 2.75) is 37.1 Å². The van der Waals surface area contributed by atoms with Crippen LogP contribution in [0.4, 0.5) is 0 Å². The second-order valence-corrected chi connectivity index (χ2v) is 6.79. The van der Waals surface area contributed by atoms with E-state index >= 15 is 0 Å². The molecule has 2 aromatic rings. The summed E-state index contributed by atoms with van der Waals surface area (Å²) in [5.74, 6) is 0.762. The number of hydrogen-bond acceptors (Lipinski definition) is 3. The minimum Gasteiger partial charge on any atom is -0.496 e. The molecule has 1 aliphatic carbocycles. The molecular weight excluding hydrogens is 312 g/mol. The molecule has 1 amide bonds. The first kappa shape index (κ1) is 17.5. The van der Waals surface area contributed by atoms with Gasteiger partial charge in [-0.3, -0.25) is 4.79 Å². The number of rotatable bonds is 6. The summed E-state index contributed by atoms with van der Waals surface area (Å²) >= 11 is 0. The van der Waals surface area contributed by atoms with Gasteiger partial charge in [0.2, 0.25) is 5.91 Å². The molecule has 1 atom stereocenters. The van der Waals surface area contributed by atoms with Gasteiger partial charge in [0, 0.05) is 17.5 Å². The van der Waals surface area contributed by atoms with Crippen LogP contribution in [-0.4, -0.2) is 19.6 Å². The highest BCUT2D eigenvalue weighted by atomic mass is 16.5. The van der Waals surface area contributed by atoms with Gasteiger partial charge in [0.1, 0.15) is 11.8 Å². The van der Waals surface area contributed by atoms with E-state index in [9.17, 15) is 4.79 Å². The molecule has 0 heterocycles. The zero-order valence-electron chi connectivity index (χ0n) is 14.7. The molecule has 1 fully saturated rings. The fourth-order valence-corrected chi connectivity index (χ4v) is 3.85. The lowest BCUT2D eigenvalue weighted by Crippen LogP contribution is -2.42. The fourth-order valence-electron chi connectivity index (χ4n) is 3.85. The van der Waals surface area contributed by atoms with Gasteiger partial charge >= 0.3 is 0 Å². The van der Waals surface area contributed by atoms with Crippen LogP contribution in [0.1, 0.15) is 42.9 Å². The van der Waals surface area contributed by atoms with Crippen LogP contribution in [0.3, 0.4) is 0 Å². The molecule has 0 radical (unpaired) electrons. The summed E-state index contributed by atoms with van der Waals surface area (Å²) in [6.45, 7) is 0.590. The van der Waals surface area contributed by atoms with E-state index in [1.54, 1.807) is 7.11 Å². The molecule has 25 heavy (non-hydrogen) atoms. The standard InChI is InChI=1S/C21H26N2O2/c1-25-18-12-6-5-11-17(18)21(13-7-8-14-21)15-23-20(24)19(22)16-9-3-2-4-10-16/h2-6,9-12,19H,7-8,13-15,22H2,1H3,(H,23,24). The number of nitrogens with two attached hydrogens (primary N) is 1. The molecule has 1 aliphatic rings. The van der Waals surface area contributed by atoms with E-state index in [2.05, 4.69) is 11.4 Å². The van der Waals surface area contributed by atoms with E-state index in [4.69, 9.17) is 10.5 Å². The Morgan fingerprint density at radius 3 is 2.44 bits per heavy atom. The van der Waals surface area contributed by atoms with E-state index in [-0.39, 0.29) is 11.3 Å². The molecule has 0 saturated heterocycles. The van der Waals surface area contributed by atoms with E-state index in [1.165, 1.54) is 18.4 Å². The number of hydrogen-bond donors (Lipinski definition) is 2. The Bertz CT molecular complexity index is 709. The summed E-state index contributed by atoms with van der Waals surface area (Å²) in [7, 11) is 1.70. The van der Waals surface area contributed by atoms with Crippen LogP contribution in [0.2, 0.25) is 0 Å². The smallest absolute Gasteiger partial charge is 0.241 e. The lowest BCUT2D eigenvalue weighted by molar-refractivity contribution is -0.122. The van der Waals surface area contributed by atoms with Crippen molar-refractivity contribution in [3.05, 3.63) is 65.7 Å². The molecule has 1 saturated carbocycles. The Hall–Kier alpha value is -2.33. The molecule has 4 heteroatoms. The summed E-state index contributed by atoms with van der Waals surface area (Å²) < 4.78 is 5.57. The zero-order valence-corrected chi connectivity index (χ0v) is 14.7. The van der Waals surface area contributed by atoms with Gasteiger partial charge in [0.25, 0.3) is 0 Å². The average Bonchev–Trinajstić information content (AvgIpc) is 3.16. The van der Waals surface area contributed by atoms with Gasteiger partial charge in [-0.25, -0.2) is 0 Å². The first-order valence-corrected chi connectivity index (χ1v) is 8.88. The molecular formula is C21H26N2O2. The number of benzene rings is 2. The first-order chi connectivity index (χ1) is 12.2. The highest BCUT2D eigenvalue weighted by Gasteiger charge is 2.38. The largest absolute Gasteiger partial charge is 0.496 e. The minimum atomic E-state index is -0.641. The van der Waals surface area contributed by atoms with Gasteiger partial charge < -0.3 is 15.8 Å². The van der Waals surface area contributed by atoms with Crippen molar-refractivity contribution in [1.29, 1.82) is 0 Å². The Labute approximate surface area is 149 Å². The predicted molar refractivity (Wildman–Crippen MR) is 99.5 cm³/mol. The molecule has 0 aromatic heterocycles. The second-order valence-electron chi connectivity index (χ2n) is 6.79. The SMILES string of the molecule is COc1ccccc1C1(CNC(=O)C(N)c2ccccc2)CCCC1. The number of carbonyl (C=O) groups is 1. The summed E-state index contributed by atoms with van der Waals surface area (Å²) in [4.78, 5) is 12.6. The Balaban J connectivity index is 1.76. The highest BCUT2D eigenvalue weighted by molar-refractivity contribution is 5.83. The maximum atomic E-state index is 12.6. The summed E-state index contributed by atoms with van der Waals surface area (Å²) in [6, 6.07) is 17.0. The third-order valence-corrected chi connectivity index (χ3v) is 5.28. The van der Waals surface area contributed by atoms with Crippen LogP contribution in [0, 0.1) is 0 Å². The molecule has 3 rings (SSSR count). The van der Waals surface area contributed by atoms with E-state index < -0.39 is 6.04 Å². The van der Waals surface area contributed by atoms with Crippen LogP contribution in [0.25, 0.3) is 0 Å². The van der Waals surface area contributed by atoms with Crippen molar-refractivity contribution >= 4 is 5.91 Å². The zero-order chi connectivity index (χ0) is 17.7. The fraction of sp³-hybridized carbons (Fsp3) is 0.381. The lowest BCUT2D eigenvalue weighted by Gasteiger charge is -2.31. The lowest BCUT2D eigenvalue weighted by atomic mass is 9.78. The Morgan fingerprint density at radius 1 is 1.12 bits per heavy atom. The quantitative estimate of drug-likeness (QED) is 0.849. The van der Waals surface area contributed by atoms with Crippen molar-refractivity contribution in [1.82, 2.24) is 5.32 Å². The van der Waals surface area contributed by atoms with Crippen LogP contribution in [0.5, 0.6) is 5.75 Å². The molecule has 0 spiro atoms. The van der Waals surface area contributed by atoms with Crippen LogP contribution in [-0.2, 0) is 10.2 Å². The number of carbonyl (C=O) groups excluding carboxylic acids is 1. The minimum absolute atomic E-state index is 0.0708. The van der Waals surface area contributed by atoms with Crippen molar-refractivity contribution in [2.75, 3.05) is 13.7 Å². The van der Waals surface area contributed by atoms with E-state index in [0.717, 1.165) is 24.2 Å². The second kappa shape index (κ2) is 7.70. The number of nitrogens with one attached hydrogen (secondary N) is 1. The van der Waals surface area contributed by atoms with Gasteiger partial charge in [0.05, 0.1) is 7.11 Å². The first-order valence-electron chi connectivity index (χ1n) is 8.88. The molecule has 2 aromatic carbocycles.